The number of halogens is 4. The average molecular weight is 518 g/mol. The van der Waals surface area contributed by atoms with Gasteiger partial charge in [0.15, 0.2) is 0 Å². The van der Waals surface area contributed by atoms with Crippen molar-refractivity contribution in [3.63, 3.8) is 0 Å². The van der Waals surface area contributed by atoms with Crippen LogP contribution in [-0.2, 0) is 21.2 Å². The Morgan fingerprint density at radius 2 is 1.58 bits per heavy atom. The Kier molecular flexibility index (Phi) is 7.86. The summed E-state index contributed by atoms with van der Waals surface area (Å²) in [5.74, 6) is -0.616. The summed E-state index contributed by atoms with van der Waals surface area (Å²) in [6.07, 6.45) is 0.0856. The third kappa shape index (κ3) is 6.13. The molecule has 0 aliphatic carbocycles. The highest BCUT2D eigenvalue weighted by atomic mass is 35.5. The predicted octanol–water partition coefficient (Wildman–Crippen LogP) is 5.83. The summed E-state index contributed by atoms with van der Waals surface area (Å²) in [7, 11) is -4.17. The van der Waals surface area contributed by atoms with Gasteiger partial charge in [-0.25, -0.2) is 8.42 Å². The van der Waals surface area contributed by atoms with Gasteiger partial charge in [0.05, 0.1) is 20.8 Å². The van der Waals surface area contributed by atoms with Gasteiger partial charge in [0.1, 0.15) is 10.9 Å². The smallest absolute Gasteiger partial charge is 0.242 e. The Morgan fingerprint density at radius 3 is 2.29 bits per heavy atom. The molecular weight excluding hydrogens is 502 g/mol. The van der Waals surface area contributed by atoms with Crippen LogP contribution in [0, 0.1) is 0 Å². The zero-order chi connectivity index (χ0) is 22.6. The van der Waals surface area contributed by atoms with Gasteiger partial charge < -0.3 is 5.32 Å². The van der Waals surface area contributed by atoms with Crippen LogP contribution in [0.3, 0.4) is 0 Å². The van der Waals surface area contributed by atoms with Crippen molar-refractivity contribution in [2.24, 2.45) is 0 Å². The van der Waals surface area contributed by atoms with Gasteiger partial charge in [-0.2, -0.15) is 4.72 Å². The van der Waals surface area contributed by atoms with Crippen molar-refractivity contribution in [3.05, 3.63) is 92.4 Å². The normalized spacial score (nSPS) is 12.4. The minimum absolute atomic E-state index is 0.0198. The Bertz CT molecular complexity index is 1200. The van der Waals surface area contributed by atoms with Gasteiger partial charge in [0.25, 0.3) is 0 Å². The van der Waals surface area contributed by atoms with Crippen LogP contribution in [0.15, 0.2) is 71.6 Å². The van der Waals surface area contributed by atoms with E-state index in [9.17, 15) is 13.2 Å². The molecule has 0 bridgehead atoms. The van der Waals surface area contributed by atoms with Gasteiger partial charge in [-0.05, 0) is 42.3 Å². The minimum Gasteiger partial charge on any atom is -0.323 e. The average Bonchev–Trinajstić information content (AvgIpc) is 2.73. The Hall–Kier alpha value is -1.80. The summed E-state index contributed by atoms with van der Waals surface area (Å²) in [5, 5.41) is 3.21. The number of amides is 1. The second kappa shape index (κ2) is 10.2. The third-order valence-corrected chi connectivity index (χ3v) is 7.30. The number of benzene rings is 3. The van der Waals surface area contributed by atoms with Crippen LogP contribution in [0.4, 0.5) is 5.69 Å². The van der Waals surface area contributed by atoms with Crippen molar-refractivity contribution in [2.45, 2.75) is 17.4 Å². The predicted molar refractivity (Wildman–Crippen MR) is 126 cm³/mol. The molecule has 0 aliphatic heterocycles. The first-order valence-corrected chi connectivity index (χ1v) is 11.9. The maximum Gasteiger partial charge on any atom is 0.242 e. The lowest BCUT2D eigenvalue weighted by Crippen LogP contribution is -2.45. The van der Waals surface area contributed by atoms with Crippen molar-refractivity contribution in [2.75, 3.05) is 5.32 Å². The summed E-state index contributed by atoms with van der Waals surface area (Å²) >= 11 is 24.2. The molecular formula is C21H16Cl4N2O3S. The lowest BCUT2D eigenvalue weighted by Gasteiger charge is -2.20. The molecule has 162 valence electrons. The minimum atomic E-state index is -4.17. The number of hydrogen-bond donors (Lipinski definition) is 2. The first kappa shape index (κ1) is 23.9. The Morgan fingerprint density at radius 1 is 0.871 bits per heavy atom. The molecule has 0 heterocycles. The van der Waals surface area contributed by atoms with E-state index in [1.165, 1.54) is 18.2 Å². The topological polar surface area (TPSA) is 75.3 Å². The number of anilines is 1. The second-order valence-electron chi connectivity index (χ2n) is 6.53. The van der Waals surface area contributed by atoms with Crippen LogP contribution in [-0.4, -0.2) is 20.4 Å². The van der Waals surface area contributed by atoms with Crippen molar-refractivity contribution in [1.29, 1.82) is 0 Å². The lowest BCUT2D eigenvalue weighted by molar-refractivity contribution is -0.117. The molecule has 0 spiro atoms. The summed E-state index contributed by atoms with van der Waals surface area (Å²) in [6.45, 7) is 0. The molecule has 0 radical (unpaired) electrons. The van der Waals surface area contributed by atoms with Crippen molar-refractivity contribution in [3.8, 4) is 0 Å². The number of sulfonamides is 1. The van der Waals surface area contributed by atoms with Gasteiger partial charge in [-0.3, -0.25) is 4.79 Å². The van der Waals surface area contributed by atoms with Gasteiger partial charge in [-0.1, -0.05) is 82.8 Å². The van der Waals surface area contributed by atoms with Crippen LogP contribution in [0.2, 0.25) is 20.1 Å². The van der Waals surface area contributed by atoms with Crippen LogP contribution in [0.5, 0.6) is 0 Å². The van der Waals surface area contributed by atoms with Crippen molar-refractivity contribution in [1.82, 2.24) is 4.72 Å². The van der Waals surface area contributed by atoms with E-state index in [4.69, 9.17) is 46.4 Å². The molecule has 10 heteroatoms. The molecule has 0 saturated carbocycles. The van der Waals surface area contributed by atoms with E-state index >= 15 is 0 Å². The molecule has 2 N–H and O–H groups in total. The van der Waals surface area contributed by atoms with E-state index in [1.54, 1.807) is 42.5 Å². The maximum absolute atomic E-state index is 13.0. The summed E-state index contributed by atoms with van der Waals surface area (Å²) in [5.41, 5.74) is 1.01. The maximum atomic E-state index is 13.0. The molecule has 31 heavy (non-hydrogen) atoms. The summed E-state index contributed by atoms with van der Waals surface area (Å²) in [6, 6.07) is 16.6. The fraction of sp³-hybridized carbons (Fsp3) is 0.0952. The monoisotopic (exact) mass is 516 g/mol. The molecule has 1 atom stereocenters. The molecule has 0 aromatic heterocycles. The molecule has 0 aliphatic rings. The summed E-state index contributed by atoms with van der Waals surface area (Å²) < 4.78 is 28.4. The Balaban J connectivity index is 1.93. The van der Waals surface area contributed by atoms with E-state index in [0.717, 1.165) is 5.56 Å². The zero-order valence-electron chi connectivity index (χ0n) is 15.8. The molecule has 3 rings (SSSR count). The standard InChI is InChI=1S/C21H16Cl4N2O3S/c22-14-9-10-15(23)19(12-14)31(29,30)27-18(11-13-5-2-1-3-6-13)21(28)26-17-8-4-7-16(24)20(17)25/h1-10,12,18,27H,11H2,(H,26,28)/t18-/m1/s1. The van der Waals surface area contributed by atoms with E-state index < -0.39 is 22.0 Å². The third-order valence-electron chi connectivity index (χ3n) is 4.29. The number of carbonyl (C=O) groups excluding carboxylic acids is 1. The molecule has 0 fully saturated rings. The highest BCUT2D eigenvalue weighted by Gasteiger charge is 2.28. The van der Waals surface area contributed by atoms with E-state index in [-0.39, 0.29) is 37.1 Å². The second-order valence-corrected chi connectivity index (χ2v) is 9.84. The number of rotatable bonds is 7. The molecule has 3 aromatic carbocycles. The van der Waals surface area contributed by atoms with Crippen molar-refractivity contribution >= 4 is 68.0 Å². The number of carbonyl (C=O) groups is 1. The zero-order valence-corrected chi connectivity index (χ0v) is 19.6. The first-order valence-electron chi connectivity index (χ1n) is 8.93. The SMILES string of the molecule is O=C(Nc1cccc(Cl)c1Cl)[C@@H](Cc1ccccc1)NS(=O)(=O)c1cc(Cl)ccc1Cl. The molecule has 0 saturated heterocycles. The first-order chi connectivity index (χ1) is 14.7. The quantitative estimate of drug-likeness (QED) is 0.414. The van der Waals surface area contributed by atoms with Gasteiger partial charge in [0.2, 0.25) is 15.9 Å². The highest BCUT2D eigenvalue weighted by Crippen LogP contribution is 2.30. The van der Waals surface area contributed by atoms with E-state index in [0.29, 0.717) is 0 Å². The molecule has 0 unspecified atom stereocenters. The molecule has 5 nitrogen and oxygen atoms in total. The largest absolute Gasteiger partial charge is 0.323 e. The van der Waals surface area contributed by atoms with Gasteiger partial charge >= 0.3 is 0 Å². The highest BCUT2D eigenvalue weighted by molar-refractivity contribution is 7.89. The number of hydrogen-bond acceptors (Lipinski definition) is 3. The van der Waals surface area contributed by atoms with Gasteiger partial charge in [0, 0.05) is 5.02 Å². The summed E-state index contributed by atoms with van der Waals surface area (Å²) in [4.78, 5) is 12.8. The van der Waals surface area contributed by atoms with E-state index in [2.05, 4.69) is 10.0 Å². The van der Waals surface area contributed by atoms with E-state index in [1.807, 2.05) is 6.07 Å². The van der Waals surface area contributed by atoms with Gasteiger partial charge in [-0.15, -0.1) is 0 Å². The number of nitrogens with one attached hydrogen (secondary N) is 2. The fourth-order valence-electron chi connectivity index (χ4n) is 2.79. The van der Waals surface area contributed by atoms with Crippen LogP contribution in [0.25, 0.3) is 0 Å². The molecule has 1 amide bonds. The van der Waals surface area contributed by atoms with Crippen LogP contribution >= 0.6 is 46.4 Å². The molecule has 3 aromatic rings. The lowest BCUT2D eigenvalue weighted by atomic mass is 10.1. The fourth-order valence-corrected chi connectivity index (χ4v) is 5.10. The Labute approximate surface area is 200 Å². The van der Waals surface area contributed by atoms with Crippen LogP contribution < -0.4 is 10.0 Å². The van der Waals surface area contributed by atoms with Crippen LogP contribution in [0.1, 0.15) is 5.56 Å². The van der Waals surface area contributed by atoms with Crippen molar-refractivity contribution < 1.29 is 13.2 Å².